The van der Waals surface area contributed by atoms with Crippen LogP contribution in [0, 0.1) is 6.61 Å². The Kier molecular flexibility index (Phi) is 40.1. The van der Waals surface area contributed by atoms with Crippen molar-refractivity contribution >= 4 is 7.82 Å². The fourth-order valence-corrected chi connectivity index (χ4v) is 5.04. The van der Waals surface area contributed by atoms with Gasteiger partial charge in [0, 0.05) is 13.2 Å². The molecule has 0 aromatic heterocycles. The van der Waals surface area contributed by atoms with Crippen LogP contribution < -0.4 is 0 Å². The smallest absolute Gasteiger partial charge is 0.379 e. The summed E-state index contributed by atoms with van der Waals surface area (Å²) in [5.41, 5.74) is 0. The van der Waals surface area contributed by atoms with Crippen LogP contribution in [-0.2, 0) is 14.0 Å². The molecule has 0 amide bonds. The summed E-state index contributed by atoms with van der Waals surface area (Å²) in [5, 5.41) is 0. The zero-order chi connectivity index (χ0) is 30.5. The lowest BCUT2D eigenvalue weighted by molar-refractivity contribution is 0.0865. The highest BCUT2D eigenvalue weighted by Gasteiger charge is 2.00. The van der Waals surface area contributed by atoms with Crippen molar-refractivity contribution in [3.05, 3.63) is 6.61 Å². The van der Waals surface area contributed by atoms with Gasteiger partial charge in [-0.2, -0.15) is 0 Å². The Balaban J connectivity index is 0. The molecule has 0 atom stereocenters. The van der Waals surface area contributed by atoms with Crippen LogP contribution in [0.5, 0.6) is 0 Å². The average molecular weight is 608 g/mol. The van der Waals surface area contributed by atoms with Gasteiger partial charge in [0.1, 0.15) is 6.61 Å². The summed E-state index contributed by atoms with van der Waals surface area (Å²) in [6.07, 6.45) is 39.4. The second-order valence-electron chi connectivity index (χ2n) is 11.8. The number of rotatable bonds is 33. The molecule has 0 aromatic rings. The van der Waals surface area contributed by atoms with Crippen LogP contribution in [0.25, 0.3) is 0 Å². The Hall–Kier alpha value is 0.0300. The van der Waals surface area contributed by atoms with Gasteiger partial charge in [0.05, 0.1) is 6.61 Å². The third-order valence-electron chi connectivity index (χ3n) is 7.56. The quantitative estimate of drug-likeness (QED) is 0.0507. The molecule has 0 rings (SSSR count). The van der Waals surface area contributed by atoms with Crippen LogP contribution in [0.1, 0.15) is 194 Å². The minimum Gasteiger partial charge on any atom is -0.379 e. The number of phosphoric acid groups is 1. The second-order valence-corrected chi connectivity index (χ2v) is 12.8. The highest BCUT2D eigenvalue weighted by Crippen LogP contribution is 2.25. The summed E-state index contributed by atoms with van der Waals surface area (Å²) in [6.45, 7) is 8.85. The van der Waals surface area contributed by atoms with E-state index < -0.39 is 7.82 Å². The monoisotopic (exact) mass is 608 g/mol. The van der Waals surface area contributed by atoms with E-state index in [9.17, 15) is 0 Å². The maximum Gasteiger partial charge on any atom is 0.466 e. The van der Waals surface area contributed by atoms with Crippen molar-refractivity contribution in [1.82, 2.24) is 0 Å². The van der Waals surface area contributed by atoms with E-state index in [1.807, 2.05) is 6.61 Å². The zero-order valence-corrected chi connectivity index (χ0v) is 28.4. The fourth-order valence-electron chi connectivity index (χ4n) is 5.04. The molecule has 7 heteroatoms. The zero-order valence-electron chi connectivity index (χ0n) is 27.5. The van der Waals surface area contributed by atoms with E-state index in [-0.39, 0.29) is 0 Å². The molecule has 6 nitrogen and oxygen atoms in total. The van der Waals surface area contributed by atoms with E-state index in [2.05, 4.69) is 13.8 Å². The molecule has 0 fully saturated rings. The Morgan fingerprint density at radius 3 is 0.976 bits per heavy atom. The first-order valence-corrected chi connectivity index (χ1v) is 19.3. The molecule has 0 aromatic carbocycles. The second kappa shape index (κ2) is 38.1. The third kappa shape index (κ3) is 53.1. The Morgan fingerprint density at radius 2 is 0.683 bits per heavy atom. The van der Waals surface area contributed by atoms with Crippen LogP contribution in [-0.4, -0.2) is 34.5 Å². The van der Waals surface area contributed by atoms with Crippen molar-refractivity contribution in [2.24, 2.45) is 0 Å². The van der Waals surface area contributed by atoms with Crippen LogP contribution in [0.15, 0.2) is 0 Å². The SMILES string of the molecule is CCCCCCCCCCCCCCCCCCCCO[CH]COCCCCCCCCCCCC.O=P(O)(O)O. The van der Waals surface area contributed by atoms with E-state index in [4.69, 9.17) is 28.7 Å². The normalized spacial score (nSPS) is 11.5. The predicted molar refractivity (Wildman–Crippen MR) is 176 cm³/mol. The summed E-state index contributed by atoms with van der Waals surface area (Å²) in [7, 11) is -4.64. The molecule has 3 N–H and O–H groups in total. The summed E-state index contributed by atoms with van der Waals surface area (Å²) in [5.74, 6) is 0. The van der Waals surface area contributed by atoms with Gasteiger partial charge >= 0.3 is 7.82 Å². The molecular weight excluding hydrogens is 535 g/mol. The van der Waals surface area contributed by atoms with Gasteiger partial charge in [-0.15, -0.1) is 0 Å². The van der Waals surface area contributed by atoms with E-state index in [0.717, 1.165) is 13.2 Å². The van der Waals surface area contributed by atoms with Crippen molar-refractivity contribution < 1.29 is 28.7 Å². The molecule has 0 saturated carbocycles. The lowest BCUT2D eigenvalue weighted by atomic mass is 10.0. The van der Waals surface area contributed by atoms with Crippen LogP contribution >= 0.6 is 7.82 Å². The van der Waals surface area contributed by atoms with Gasteiger partial charge in [0.15, 0.2) is 0 Å². The highest BCUT2D eigenvalue weighted by molar-refractivity contribution is 7.45. The number of hydrogen-bond donors (Lipinski definition) is 3. The van der Waals surface area contributed by atoms with E-state index in [1.165, 1.54) is 180 Å². The maximum atomic E-state index is 8.88. The Morgan fingerprint density at radius 1 is 0.439 bits per heavy atom. The summed E-state index contributed by atoms with van der Waals surface area (Å²) < 4.78 is 20.2. The lowest BCUT2D eigenvalue weighted by Crippen LogP contribution is -2.01. The maximum absolute atomic E-state index is 8.88. The first kappa shape index (κ1) is 43.2. The van der Waals surface area contributed by atoms with Crippen molar-refractivity contribution in [1.29, 1.82) is 0 Å². The van der Waals surface area contributed by atoms with Crippen molar-refractivity contribution in [2.75, 3.05) is 19.8 Å². The first-order chi connectivity index (χ1) is 19.9. The largest absolute Gasteiger partial charge is 0.466 e. The van der Waals surface area contributed by atoms with Gasteiger partial charge in [-0.1, -0.05) is 181 Å². The average Bonchev–Trinajstić information content (AvgIpc) is 2.93. The number of hydrogen-bond acceptors (Lipinski definition) is 3. The van der Waals surface area contributed by atoms with Gasteiger partial charge in [-0.3, -0.25) is 0 Å². The predicted octanol–water partition coefficient (Wildman–Crippen LogP) is 11.2. The summed E-state index contributed by atoms with van der Waals surface area (Å²) >= 11 is 0. The van der Waals surface area contributed by atoms with E-state index >= 15 is 0 Å². The topological polar surface area (TPSA) is 96.2 Å². The minimum absolute atomic E-state index is 0.649. The van der Waals surface area contributed by atoms with Crippen molar-refractivity contribution in [3.8, 4) is 0 Å². The van der Waals surface area contributed by atoms with Gasteiger partial charge in [-0.05, 0) is 12.8 Å². The Labute approximate surface area is 256 Å². The number of unbranched alkanes of at least 4 members (excludes halogenated alkanes) is 26. The molecule has 0 saturated heterocycles. The Bertz CT molecular complexity index is 457. The van der Waals surface area contributed by atoms with Crippen LogP contribution in [0.3, 0.4) is 0 Å². The van der Waals surface area contributed by atoms with Crippen LogP contribution in [0.2, 0.25) is 0 Å². The molecule has 0 unspecified atom stereocenters. The fraction of sp³-hybridized carbons (Fsp3) is 0.971. The van der Waals surface area contributed by atoms with Gasteiger partial charge in [0.2, 0.25) is 0 Å². The standard InChI is InChI=1S/C34H69O2.H3O4P/c1-3-5-7-9-11-13-15-16-17-18-19-20-21-22-24-26-28-30-32-36-34-33-35-31-29-27-25-23-14-12-10-8-6-4-2;1-5(2,3)4/h34H,3-33H2,1-2H3;(H3,1,2,3,4). The molecule has 1 radical (unpaired) electrons. The van der Waals surface area contributed by atoms with Crippen molar-refractivity contribution in [2.45, 2.75) is 194 Å². The molecule has 41 heavy (non-hydrogen) atoms. The molecule has 0 bridgehead atoms. The first-order valence-electron chi connectivity index (χ1n) is 17.7. The van der Waals surface area contributed by atoms with Gasteiger partial charge in [0.25, 0.3) is 0 Å². The van der Waals surface area contributed by atoms with Crippen molar-refractivity contribution in [3.63, 3.8) is 0 Å². The lowest BCUT2D eigenvalue weighted by Gasteiger charge is -2.06. The molecular formula is C34H72O6P. The third-order valence-corrected chi connectivity index (χ3v) is 7.56. The van der Waals surface area contributed by atoms with Crippen LogP contribution in [0.4, 0.5) is 0 Å². The molecule has 0 aliphatic rings. The molecule has 0 spiro atoms. The highest BCUT2D eigenvalue weighted by atomic mass is 31.2. The molecule has 0 aliphatic heterocycles. The summed E-state index contributed by atoms with van der Waals surface area (Å²) in [4.78, 5) is 21.6. The van der Waals surface area contributed by atoms with Gasteiger partial charge in [-0.25, -0.2) is 4.57 Å². The molecule has 249 valence electrons. The van der Waals surface area contributed by atoms with E-state index in [1.54, 1.807) is 0 Å². The van der Waals surface area contributed by atoms with Gasteiger partial charge < -0.3 is 24.2 Å². The number of ether oxygens (including phenoxy) is 2. The summed E-state index contributed by atoms with van der Waals surface area (Å²) in [6, 6.07) is 0. The molecule has 0 heterocycles. The molecule has 0 aliphatic carbocycles. The minimum atomic E-state index is -4.64. The van der Waals surface area contributed by atoms with E-state index in [0.29, 0.717) is 6.61 Å².